The minimum absolute atomic E-state index is 0.0295. The molecule has 0 unspecified atom stereocenters. The van der Waals surface area contributed by atoms with E-state index in [0.717, 1.165) is 11.3 Å². The zero-order chi connectivity index (χ0) is 24.2. The van der Waals surface area contributed by atoms with Gasteiger partial charge in [0.2, 0.25) is 5.91 Å². The van der Waals surface area contributed by atoms with Crippen molar-refractivity contribution in [2.75, 3.05) is 11.9 Å². The maximum atomic E-state index is 12.6. The Morgan fingerprint density at radius 2 is 1.64 bits per heavy atom. The van der Waals surface area contributed by atoms with Crippen LogP contribution in [0.1, 0.15) is 69.6 Å². The van der Waals surface area contributed by atoms with Crippen molar-refractivity contribution in [1.29, 1.82) is 0 Å². The smallest absolute Gasteiger partial charge is 0.251 e. The molecule has 1 aromatic carbocycles. The number of nitrogens with zero attached hydrogens (tertiary/aromatic N) is 3. The molecule has 7 nitrogen and oxygen atoms in total. The van der Waals surface area contributed by atoms with Crippen LogP contribution in [0.5, 0.6) is 0 Å². The standard InChI is InChI=1S/C26H33N5O2/c1-25(2,3)19-12-10-18(11-13-19)24(33)28-16-14-23(32)29-22-17-20(26(4,5)6)30-31(22)21-9-7-8-15-27-21/h7-13,15,17H,14,16H2,1-6H3,(H,28,33)(H,29,32). The number of pyridine rings is 1. The average Bonchev–Trinajstić information content (AvgIpc) is 3.18. The molecule has 0 saturated carbocycles. The minimum atomic E-state index is -0.212. The number of rotatable bonds is 6. The zero-order valence-electron chi connectivity index (χ0n) is 20.3. The van der Waals surface area contributed by atoms with Gasteiger partial charge in [0.1, 0.15) is 5.82 Å². The molecule has 2 aromatic heterocycles. The largest absolute Gasteiger partial charge is 0.352 e. The molecule has 0 saturated heterocycles. The van der Waals surface area contributed by atoms with Crippen LogP contribution in [-0.4, -0.2) is 33.1 Å². The van der Waals surface area contributed by atoms with Crippen LogP contribution in [-0.2, 0) is 15.6 Å². The second kappa shape index (κ2) is 9.57. The second-order valence-electron chi connectivity index (χ2n) is 10.1. The predicted molar refractivity (Wildman–Crippen MR) is 131 cm³/mol. The quantitative estimate of drug-likeness (QED) is 0.577. The van der Waals surface area contributed by atoms with Gasteiger partial charge in [-0.05, 0) is 35.2 Å². The van der Waals surface area contributed by atoms with Gasteiger partial charge >= 0.3 is 0 Å². The molecule has 0 fully saturated rings. The summed E-state index contributed by atoms with van der Waals surface area (Å²) in [5.74, 6) is 0.760. The SMILES string of the molecule is CC(C)(C)c1ccc(C(=O)NCCC(=O)Nc2cc(C(C)(C)C)nn2-c2ccccn2)cc1. The Morgan fingerprint density at radius 1 is 0.939 bits per heavy atom. The fourth-order valence-electron chi connectivity index (χ4n) is 3.21. The first-order valence-corrected chi connectivity index (χ1v) is 11.2. The lowest BCUT2D eigenvalue weighted by Gasteiger charge is -2.19. The van der Waals surface area contributed by atoms with Crippen LogP contribution in [0.3, 0.4) is 0 Å². The third kappa shape index (κ3) is 6.28. The number of carbonyl (C=O) groups is 2. The highest BCUT2D eigenvalue weighted by atomic mass is 16.2. The Bertz CT molecular complexity index is 1100. The summed E-state index contributed by atoms with van der Waals surface area (Å²) >= 11 is 0. The molecule has 3 rings (SSSR count). The first kappa shape index (κ1) is 24.2. The van der Waals surface area contributed by atoms with Gasteiger partial charge in [-0.25, -0.2) is 4.98 Å². The number of amides is 2. The Balaban J connectivity index is 1.62. The highest BCUT2D eigenvalue weighted by Crippen LogP contribution is 2.26. The second-order valence-corrected chi connectivity index (χ2v) is 10.1. The van der Waals surface area contributed by atoms with Crippen molar-refractivity contribution in [2.45, 2.75) is 58.8 Å². The number of carbonyl (C=O) groups excluding carboxylic acids is 2. The molecule has 0 aliphatic heterocycles. The number of hydrogen-bond donors (Lipinski definition) is 2. The topological polar surface area (TPSA) is 88.9 Å². The van der Waals surface area contributed by atoms with Crippen molar-refractivity contribution in [3.63, 3.8) is 0 Å². The first-order valence-electron chi connectivity index (χ1n) is 11.2. The maximum absolute atomic E-state index is 12.6. The highest BCUT2D eigenvalue weighted by molar-refractivity contribution is 5.95. The summed E-state index contributed by atoms with van der Waals surface area (Å²) in [7, 11) is 0. The van der Waals surface area contributed by atoms with E-state index in [9.17, 15) is 9.59 Å². The average molecular weight is 448 g/mol. The summed E-state index contributed by atoms with van der Waals surface area (Å²) in [6.07, 6.45) is 1.83. The van der Waals surface area contributed by atoms with E-state index in [4.69, 9.17) is 0 Å². The molecule has 0 atom stereocenters. The molecule has 2 amide bonds. The number of aromatic nitrogens is 3. The highest BCUT2D eigenvalue weighted by Gasteiger charge is 2.22. The summed E-state index contributed by atoms with van der Waals surface area (Å²) in [6.45, 7) is 12.8. The van der Waals surface area contributed by atoms with E-state index in [1.165, 1.54) is 0 Å². The van der Waals surface area contributed by atoms with E-state index in [2.05, 4.69) is 62.3 Å². The van der Waals surface area contributed by atoms with Crippen LogP contribution in [0.25, 0.3) is 5.82 Å². The summed E-state index contributed by atoms with van der Waals surface area (Å²) in [4.78, 5) is 29.4. The molecule has 174 valence electrons. The van der Waals surface area contributed by atoms with Crippen molar-refractivity contribution in [3.8, 4) is 5.82 Å². The van der Waals surface area contributed by atoms with Crippen LogP contribution in [0.15, 0.2) is 54.7 Å². The van der Waals surface area contributed by atoms with Gasteiger partial charge in [-0.15, -0.1) is 0 Å². The van der Waals surface area contributed by atoms with Crippen molar-refractivity contribution >= 4 is 17.6 Å². The molecule has 33 heavy (non-hydrogen) atoms. The monoisotopic (exact) mass is 447 g/mol. The lowest BCUT2D eigenvalue weighted by Crippen LogP contribution is -2.28. The number of anilines is 1. The zero-order valence-corrected chi connectivity index (χ0v) is 20.3. The molecule has 2 N–H and O–H groups in total. The van der Waals surface area contributed by atoms with Gasteiger partial charge < -0.3 is 10.6 Å². The molecule has 0 spiro atoms. The molecule has 0 aliphatic rings. The van der Waals surface area contributed by atoms with E-state index in [-0.39, 0.29) is 35.6 Å². The minimum Gasteiger partial charge on any atom is -0.352 e. The van der Waals surface area contributed by atoms with E-state index in [1.807, 2.05) is 48.5 Å². The van der Waals surface area contributed by atoms with Gasteiger partial charge in [0.05, 0.1) is 5.69 Å². The summed E-state index contributed by atoms with van der Waals surface area (Å²) in [6, 6.07) is 15.0. The molecular weight excluding hydrogens is 414 g/mol. The predicted octanol–water partition coefficient (Wildman–Crippen LogP) is 4.62. The van der Waals surface area contributed by atoms with Crippen molar-refractivity contribution in [2.24, 2.45) is 0 Å². The van der Waals surface area contributed by atoms with Crippen molar-refractivity contribution in [3.05, 3.63) is 71.5 Å². The molecule has 7 heteroatoms. The summed E-state index contributed by atoms with van der Waals surface area (Å²) in [5, 5.41) is 10.4. The van der Waals surface area contributed by atoms with E-state index in [0.29, 0.717) is 17.2 Å². The van der Waals surface area contributed by atoms with Gasteiger partial charge in [0.15, 0.2) is 5.82 Å². The van der Waals surface area contributed by atoms with Crippen LogP contribution >= 0.6 is 0 Å². The number of benzene rings is 1. The van der Waals surface area contributed by atoms with E-state index < -0.39 is 0 Å². The van der Waals surface area contributed by atoms with Gasteiger partial charge in [-0.3, -0.25) is 9.59 Å². The molecule has 0 radical (unpaired) electrons. The van der Waals surface area contributed by atoms with E-state index >= 15 is 0 Å². The Hall–Kier alpha value is -3.48. The van der Waals surface area contributed by atoms with Gasteiger partial charge in [-0.2, -0.15) is 9.78 Å². The lowest BCUT2D eigenvalue weighted by molar-refractivity contribution is -0.116. The van der Waals surface area contributed by atoms with Crippen LogP contribution in [0.4, 0.5) is 5.82 Å². The molecule has 2 heterocycles. The number of hydrogen-bond acceptors (Lipinski definition) is 4. The molecular formula is C26H33N5O2. The third-order valence-corrected chi connectivity index (χ3v) is 5.26. The maximum Gasteiger partial charge on any atom is 0.251 e. The van der Waals surface area contributed by atoms with Crippen LogP contribution in [0, 0.1) is 0 Å². The molecule has 3 aromatic rings. The fraction of sp³-hybridized carbons (Fsp3) is 0.385. The summed E-state index contributed by atoms with van der Waals surface area (Å²) < 4.78 is 1.63. The fourth-order valence-corrected chi connectivity index (χ4v) is 3.21. The summed E-state index contributed by atoms with van der Waals surface area (Å²) in [5.41, 5.74) is 2.43. The molecule has 0 aliphatic carbocycles. The third-order valence-electron chi connectivity index (χ3n) is 5.26. The Labute approximate surface area is 195 Å². The molecule has 0 bridgehead atoms. The van der Waals surface area contributed by atoms with Crippen LogP contribution < -0.4 is 10.6 Å². The van der Waals surface area contributed by atoms with Gasteiger partial charge in [0, 0.05) is 36.2 Å². The van der Waals surface area contributed by atoms with Gasteiger partial charge in [-0.1, -0.05) is 59.7 Å². The Kier molecular flexibility index (Phi) is 7.01. The number of nitrogens with one attached hydrogen (secondary N) is 2. The van der Waals surface area contributed by atoms with Crippen LogP contribution in [0.2, 0.25) is 0 Å². The lowest BCUT2D eigenvalue weighted by atomic mass is 9.87. The normalized spacial score (nSPS) is 11.8. The van der Waals surface area contributed by atoms with Gasteiger partial charge in [0.25, 0.3) is 5.91 Å². The Morgan fingerprint density at radius 3 is 2.21 bits per heavy atom. The first-order chi connectivity index (χ1) is 15.4. The van der Waals surface area contributed by atoms with E-state index in [1.54, 1.807) is 10.9 Å². The van der Waals surface area contributed by atoms with Crippen molar-refractivity contribution in [1.82, 2.24) is 20.1 Å². The van der Waals surface area contributed by atoms with Crippen molar-refractivity contribution < 1.29 is 9.59 Å².